The molecule has 3 nitrogen and oxygen atoms in total. The number of anilines is 2. The Morgan fingerprint density at radius 3 is 2.71 bits per heavy atom. The number of aromatic nitrogens is 1. The zero-order valence-electron chi connectivity index (χ0n) is 14.3. The molecule has 1 aromatic heterocycles. The lowest BCUT2D eigenvalue weighted by Crippen LogP contribution is -2.01. The Bertz CT molecular complexity index is 842. The van der Waals surface area contributed by atoms with Gasteiger partial charge in [-0.05, 0) is 54.7 Å². The molecule has 3 aromatic rings. The third kappa shape index (κ3) is 3.41. The van der Waals surface area contributed by atoms with Gasteiger partial charge in [0.15, 0.2) is 0 Å². The molecule has 24 heavy (non-hydrogen) atoms. The van der Waals surface area contributed by atoms with Crippen LogP contribution in [0.1, 0.15) is 36.5 Å². The van der Waals surface area contributed by atoms with Crippen LogP contribution in [0.15, 0.2) is 48.7 Å². The minimum absolute atomic E-state index is 0.0406. The molecule has 0 saturated heterocycles. The number of aliphatic hydroxyl groups is 1. The third-order valence-corrected chi connectivity index (χ3v) is 4.40. The van der Waals surface area contributed by atoms with Gasteiger partial charge in [0.1, 0.15) is 0 Å². The van der Waals surface area contributed by atoms with Crippen LogP contribution in [-0.2, 0) is 13.0 Å². The highest BCUT2D eigenvalue weighted by Crippen LogP contribution is 2.32. The predicted octanol–water partition coefficient (Wildman–Crippen LogP) is 5.12. The second kappa shape index (κ2) is 7.45. The molecule has 0 aliphatic carbocycles. The van der Waals surface area contributed by atoms with Gasteiger partial charge < -0.3 is 10.4 Å². The summed E-state index contributed by atoms with van der Waals surface area (Å²) in [5.74, 6) is 0. The Hall–Kier alpha value is -2.39. The molecule has 2 aromatic carbocycles. The first-order chi connectivity index (χ1) is 11.7. The standard InChI is InChI=1S/C21H24N2O/c1-3-4-8-17-13-22-20-11-10-16(14-24)12-18(20)21(17)23-19-9-6-5-7-15(19)2/h5-7,9-13,24H,3-4,8,14H2,1-2H3,(H,22,23). The van der Waals surface area contributed by atoms with Crippen LogP contribution in [0.2, 0.25) is 0 Å². The number of nitrogens with zero attached hydrogens (tertiary/aromatic N) is 1. The van der Waals surface area contributed by atoms with Gasteiger partial charge in [-0.25, -0.2) is 0 Å². The molecule has 0 bridgehead atoms. The van der Waals surface area contributed by atoms with E-state index in [1.807, 2.05) is 36.5 Å². The van der Waals surface area contributed by atoms with E-state index in [0.29, 0.717) is 0 Å². The molecular formula is C21H24N2O. The molecule has 0 radical (unpaired) electrons. The molecule has 2 N–H and O–H groups in total. The zero-order chi connectivity index (χ0) is 16.9. The molecule has 124 valence electrons. The second-order valence-corrected chi connectivity index (χ2v) is 6.21. The smallest absolute Gasteiger partial charge is 0.0723 e. The summed E-state index contributed by atoms with van der Waals surface area (Å²) in [6.07, 6.45) is 5.27. The summed E-state index contributed by atoms with van der Waals surface area (Å²) in [5.41, 5.74) is 6.51. The maximum Gasteiger partial charge on any atom is 0.0723 e. The van der Waals surface area contributed by atoms with Gasteiger partial charge in [0, 0.05) is 17.3 Å². The second-order valence-electron chi connectivity index (χ2n) is 6.21. The summed E-state index contributed by atoms with van der Waals surface area (Å²) >= 11 is 0. The number of para-hydroxylation sites is 1. The number of rotatable bonds is 6. The van der Waals surface area contributed by atoms with Gasteiger partial charge in [-0.2, -0.15) is 0 Å². The van der Waals surface area contributed by atoms with Crippen LogP contribution in [0.3, 0.4) is 0 Å². The molecule has 0 spiro atoms. The van der Waals surface area contributed by atoms with Crippen molar-refractivity contribution in [3.05, 3.63) is 65.4 Å². The lowest BCUT2D eigenvalue weighted by Gasteiger charge is -2.17. The first kappa shape index (κ1) is 16.5. The van der Waals surface area contributed by atoms with E-state index < -0.39 is 0 Å². The van der Waals surface area contributed by atoms with E-state index in [9.17, 15) is 5.11 Å². The summed E-state index contributed by atoms with van der Waals surface area (Å²) in [6.45, 7) is 4.35. The molecule has 0 amide bonds. The number of aryl methyl sites for hydroxylation is 2. The van der Waals surface area contributed by atoms with Crippen molar-refractivity contribution in [2.45, 2.75) is 39.7 Å². The first-order valence-electron chi connectivity index (χ1n) is 8.57. The van der Waals surface area contributed by atoms with Gasteiger partial charge in [0.2, 0.25) is 0 Å². The minimum Gasteiger partial charge on any atom is -0.392 e. The van der Waals surface area contributed by atoms with E-state index in [1.54, 1.807) is 0 Å². The van der Waals surface area contributed by atoms with Crippen LogP contribution >= 0.6 is 0 Å². The Morgan fingerprint density at radius 2 is 1.96 bits per heavy atom. The first-order valence-corrected chi connectivity index (χ1v) is 8.57. The Labute approximate surface area is 143 Å². The number of pyridine rings is 1. The predicted molar refractivity (Wildman–Crippen MR) is 101 cm³/mol. The largest absolute Gasteiger partial charge is 0.392 e. The topological polar surface area (TPSA) is 45.2 Å². The molecule has 0 saturated carbocycles. The van der Waals surface area contributed by atoms with E-state index in [2.05, 4.69) is 36.3 Å². The summed E-state index contributed by atoms with van der Waals surface area (Å²) in [7, 11) is 0. The molecule has 0 aliphatic heterocycles. The number of nitrogens with one attached hydrogen (secondary N) is 1. The van der Waals surface area contributed by atoms with Gasteiger partial charge >= 0.3 is 0 Å². The van der Waals surface area contributed by atoms with Crippen LogP contribution in [0.4, 0.5) is 11.4 Å². The molecule has 1 heterocycles. The van der Waals surface area contributed by atoms with E-state index >= 15 is 0 Å². The fourth-order valence-electron chi connectivity index (χ4n) is 2.93. The maximum atomic E-state index is 9.49. The molecule has 0 atom stereocenters. The van der Waals surface area contributed by atoms with Crippen LogP contribution in [0, 0.1) is 6.92 Å². The van der Waals surface area contributed by atoms with Gasteiger partial charge in [0.25, 0.3) is 0 Å². The zero-order valence-corrected chi connectivity index (χ0v) is 14.3. The lowest BCUT2D eigenvalue weighted by molar-refractivity contribution is 0.282. The van der Waals surface area contributed by atoms with Crippen molar-refractivity contribution in [1.82, 2.24) is 4.98 Å². The fraction of sp³-hybridized carbons (Fsp3) is 0.286. The third-order valence-electron chi connectivity index (χ3n) is 4.40. The number of hydrogen-bond donors (Lipinski definition) is 2. The van der Waals surface area contributed by atoms with E-state index in [0.717, 1.165) is 47.1 Å². The molecular weight excluding hydrogens is 296 g/mol. The number of hydrogen-bond acceptors (Lipinski definition) is 3. The van der Waals surface area contributed by atoms with Crippen LogP contribution in [0.5, 0.6) is 0 Å². The highest BCUT2D eigenvalue weighted by atomic mass is 16.3. The van der Waals surface area contributed by atoms with Crippen LogP contribution in [0.25, 0.3) is 10.9 Å². The van der Waals surface area contributed by atoms with Crippen molar-refractivity contribution in [2.24, 2.45) is 0 Å². The molecule has 0 unspecified atom stereocenters. The molecule has 0 fully saturated rings. The Balaban J connectivity index is 2.14. The lowest BCUT2D eigenvalue weighted by atomic mass is 10.0. The summed E-state index contributed by atoms with van der Waals surface area (Å²) in [6, 6.07) is 14.2. The number of fused-ring (bicyclic) bond motifs is 1. The Kier molecular flexibility index (Phi) is 5.11. The van der Waals surface area contributed by atoms with E-state index in [4.69, 9.17) is 0 Å². The van der Waals surface area contributed by atoms with Crippen molar-refractivity contribution < 1.29 is 5.11 Å². The Morgan fingerprint density at radius 1 is 1.12 bits per heavy atom. The van der Waals surface area contributed by atoms with Crippen molar-refractivity contribution in [3.8, 4) is 0 Å². The average molecular weight is 320 g/mol. The maximum absolute atomic E-state index is 9.49. The molecule has 3 heteroatoms. The number of unbranched alkanes of at least 4 members (excludes halogenated alkanes) is 1. The fourth-order valence-corrected chi connectivity index (χ4v) is 2.93. The molecule has 3 rings (SSSR count). The average Bonchev–Trinajstić information content (AvgIpc) is 2.62. The summed E-state index contributed by atoms with van der Waals surface area (Å²) < 4.78 is 0. The highest BCUT2D eigenvalue weighted by molar-refractivity contribution is 5.95. The highest BCUT2D eigenvalue weighted by Gasteiger charge is 2.11. The minimum atomic E-state index is 0.0406. The van der Waals surface area contributed by atoms with Crippen molar-refractivity contribution in [1.29, 1.82) is 0 Å². The van der Waals surface area contributed by atoms with Gasteiger partial charge in [0.05, 0.1) is 17.8 Å². The van der Waals surface area contributed by atoms with Crippen molar-refractivity contribution in [2.75, 3.05) is 5.32 Å². The number of benzene rings is 2. The van der Waals surface area contributed by atoms with Crippen molar-refractivity contribution in [3.63, 3.8) is 0 Å². The monoisotopic (exact) mass is 320 g/mol. The van der Waals surface area contributed by atoms with Gasteiger partial charge in [-0.1, -0.05) is 37.6 Å². The van der Waals surface area contributed by atoms with Gasteiger partial charge in [-0.3, -0.25) is 4.98 Å². The van der Waals surface area contributed by atoms with Crippen LogP contribution < -0.4 is 5.32 Å². The summed E-state index contributed by atoms with van der Waals surface area (Å²) in [4.78, 5) is 4.61. The van der Waals surface area contributed by atoms with Crippen LogP contribution in [-0.4, -0.2) is 10.1 Å². The quantitative estimate of drug-likeness (QED) is 0.662. The molecule has 0 aliphatic rings. The SMILES string of the molecule is CCCCc1cnc2ccc(CO)cc2c1Nc1ccccc1C. The van der Waals surface area contributed by atoms with Gasteiger partial charge in [-0.15, -0.1) is 0 Å². The number of aliphatic hydroxyl groups excluding tert-OH is 1. The normalized spacial score (nSPS) is 11.0. The van der Waals surface area contributed by atoms with E-state index in [1.165, 1.54) is 11.1 Å². The van der Waals surface area contributed by atoms with E-state index in [-0.39, 0.29) is 6.61 Å². The van der Waals surface area contributed by atoms with Crippen molar-refractivity contribution >= 4 is 22.3 Å². The summed E-state index contributed by atoms with van der Waals surface area (Å²) in [5, 5.41) is 14.2.